The normalized spacial score (nSPS) is 18.5. The summed E-state index contributed by atoms with van der Waals surface area (Å²) in [5.41, 5.74) is 1.81. The molecule has 0 radical (unpaired) electrons. The highest BCUT2D eigenvalue weighted by Gasteiger charge is 2.24. The Bertz CT molecular complexity index is 895. The van der Waals surface area contributed by atoms with Crippen molar-refractivity contribution >= 4 is 28.8 Å². The van der Waals surface area contributed by atoms with Crippen LogP contribution in [0.5, 0.6) is 0 Å². The quantitative estimate of drug-likeness (QED) is 0.731. The maximum Gasteiger partial charge on any atom is 0.246 e. The third kappa shape index (κ3) is 4.81. The number of morpholine rings is 1. The third-order valence-electron chi connectivity index (χ3n) is 5.48. The van der Waals surface area contributed by atoms with Crippen LogP contribution in [0.4, 0.5) is 0 Å². The van der Waals surface area contributed by atoms with Gasteiger partial charge >= 0.3 is 0 Å². The first-order valence-electron chi connectivity index (χ1n) is 10.1. The van der Waals surface area contributed by atoms with Crippen molar-refractivity contribution in [1.82, 2.24) is 19.7 Å². The first kappa shape index (κ1) is 19.5. The van der Waals surface area contributed by atoms with E-state index < -0.39 is 0 Å². The van der Waals surface area contributed by atoms with Crippen LogP contribution < -0.4 is 0 Å². The van der Waals surface area contributed by atoms with Crippen LogP contribution in [-0.4, -0.2) is 90.5 Å². The number of fused-ring (bicyclic) bond motifs is 1. The molecule has 2 aliphatic rings. The number of nitrogens with zero attached hydrogens (tertiary/aromatic N) is 4. The number of benzene rings is 1. The van der Waals surface area contributed by atoms with Gasteiger partial charge in [0.2, 0.25) is 11.8 Å². The molecule has 29 heavy (non-hydrogen) atoms. The Morgan fingerprint density at radius 2 is 1.69 bits per heavy atom. The molecule has 152 valence electrons. The Labute approximate surface area is 170 Å². The van der Waals surface area contributed by atoms with Crippen LogP contribution in [0, 0.1) is 0 Å². The molecule has 1 aromatic carbocycles. The summed E-state index contributed by atoms with van der Waals surface area (Å²) in [7, 11) is 0. The number of carbonyl (C=O) groups excluding carboxylic acids is 2. The second kappa shape index (κ2) is 9.15. The lowest BCUT2D eigenvalue weighted by Crippen LogP contribution is -2.53. The molecule has 7 nitrogen and oxygen atoms in total. The topological polar surface area (TPSA) is 66.0 Å². The van der Waals surface area contributed by atoms with Crippen molar-refractivity contribution in [2.45, 2.75) is 0 Å². The van der Waals surface area contributed by atoms with E-state index in [-0.39, 0.29) is 11.8 Å². The maximum atomic E-state index is 12.6. The van der Waals surface area contributed by atoms with Gasteiger partial charge in [0.25, 0.3) is 0 Å². The fourth-order valence-corrected chi connectivity index (χ4v) is 3.76. The molecule has 2 aromatic rings. The molecular weight excluding hydrogens is 368 g/mol. The van der Waals surface area contributed by atoms with Crippen molar-refractivity contribution in [2.75, 3.05) is 59.0 Å². The number of ether oxygens (including phenoxy) is 1. The van der Waals surface area contributed by atoms with Crippen LogP contribution in [-0.2, 0) is 14.3 Å². The number of carbonyl (C=O) groups is 2. The van der Waals surface area contributed by atoms with Gasteiger partial charge in [-0.25, -0.2) is 0 Å². The molecule has 2 amide bonds. The van der Waals surface area contributed by atoms with Crippen LogP contribution in [0.25, 0.3) is 17.0 Å². The van der Waals surface area contributed by atoms with Crippen LogP contribution in [0.15, 0.2) is 42.6 Å². The van der Waals surface area contributed by atoms with Crippen molar-refractivity contribution in [3.8, 4) is 0 Å². The minimum Gasteiger partial charge on any atom is -0.379 e. The molecule has 7 heteroatoms. The number of piperazine rings is 1. The number of pyridine rings is 1. The number of rotatable bonds is 4. The van der Waals surface area contributed by atoms with E-state index in [1.54, 1.807) is 17.2 Å². The van der Waals surface area contributed by atoms with Crippen LogP contribution in [0.3, 0.4) is 0 Å². The van der Waals surface area contributed by atoms with Gasteiger partial charge in [-0.05, 0) is 12.1 Å². The summed E-state index contributed by atoms with van der Waals surface area (Å²) in [5, 5.41) is 1.05. The number of hydrogen-bond donors (Lipinski definition) is 0. The molecule has 0 aliphatic carbocycles. The average molecular weight is 394 g/mol. The Hall–Kier alpha value is -2.77. The predicted molar refractivity (Wildman–Crippen MR) is 111 cm³/mol. The van der Waals surface area contributed by atoms with Crippen molar-refractivity contribution in [2.24, 2.45) is 0 Å². The highest BCUT2D eigenvalue weighted by Crippen LogP contribution is 2.17. The molecule has 0 unspecified atom stereocenters. The van der Waals surface area contributed by atoms with E-state index in [1.807, 2.05) is 41.3 Å². The summed E-state index contributed by atoms with van der Waals surface area (Å²) in [6.07, 6.45) is 5.19. The smallest absolute Gasteiger partial charge is 0.246 e. The Kier molecular flexibility index (Phi) is 6.17. The summed E-state index contributed by atoms with van der Waals surface area (Å²) in [4.78, 5) is 35.3. The van der Waals surface area contributed by atoms with E-state index in [1.165, 1.54) is 0 Å². The molecule has 1 aromatic heterocycles. The lowest BCUT2D eigenvalue weighted by atomic mass is 10.1. The van der Waals surface area contributed by atoms with Crippen molar-refractivity contribution in [1.29, 1.82) is 0 Å². The van der Waals surface area contributed by atoms with Gasteiger partial charge in [0.05, 0.1) is 25.3 Å². The van der Waals surface area contributed by atoms with Gasteiger partial charge < -0.3 is 14.5 Å². The van der Waals surface area contributed by atoms with Crippen LogP contribution in [0.1, 0.15) is 5.56 Å². The van der Waals surface area contributed by atoms with E-state index in [0.29, 0.717) is 45.9 Å². The number of hydrogen-bond acceptors (Lipinski definition) is 5. The molecule has 3 heterocycles. The SMILES string of the molecule is O=C(/C=C/c1cccc2cccnc12)N1CCN(C(=O)CN2CCOCC2)CC1. The van der Waals surface area contributed by atoms with E-state index in [9.17, 15) is 9.59 Å². The summed E-state index contributed by atoms with van der Waals surface area (Å²) >= 11 is 0. The van der Waals surface area contributed by atoms with Gasteiger partial charge in [0.1, 0.15) is 0 Å². The van der Waals surface area contributed by atoms with Crippen LogP contribution in [0.2, 0.25) is 0 Å². The molecule has 0 saturated carbocycles. The minimum absolute atomic E-state index is 0.0294. The molecule has 0 spiro atoms. The highest BCUT2D eigenvalue weighted by atomic mass is 16.5. The van der Waals surface area contributed by atoms with Crippen molar-refractivity contribution in [3.63, 3.8) is 0 Å². The van der Waals surface area contributed by atoms with Gasteiger partial charge in [0, 0.05) is 62.5 Å². The number of para-hydroxylation sites is 1. The summed E-state index contributed by atoms with van der Waals surface area (Å²) in [6.45, 7) is 5.71. The lowest BCUT2D eigenvalue weighted by Gasteiger charge is -2.36. The zero-order valence-electron chi connectivity index (χ0n) is 16.5. The zero-order valence-corrected chi connectivity index (χ0v) is 16.5. The molecule has 4 rings (SSSR count). The summed E-state index contributed by atoms with van der Waals surface area (Å²) in [5.74, 6) is 0.106. The fraction of sp³-hybridized carbons (Fsp3) is 0.409. The molecular formula is C22H26N4O3. The second-order valence-corrected chi connectivity index (χ2v) is 7.35. The fourth-order valence-electron chi connectivity index (χ4n) is 3.76. The molecule has 2 aliphatic heterocycles. The van der Waals surface area contributed by atoms with Gasteiger partial charge in [-0.2, -0.15) is 0 Å². The van der Waals surface area contributed by atoms with Crippen molar-refractivity contribution < 1.29 is 14.3 Å². The standard InChI is InChI=1S/C22H26N4O3/c27-20(7-6-19-4-1-3-18-5-2-8-23-22(18)19)25-9-11-26(12-10-25)21(28)17-24-13-15-29-16-14-24/h1-8H,9-17H2/b7-6+. The number of aromatic nitrogens is 1. The van der Waals surface area contributed by atoms with Crippen LogP contribution >= 0.6 is 0 Å². The third-order valence-corrected chi connectivity index (χ3v) is 5.48. The van der Waals surface area contributed by atoms with Crippen molar-refractivity contribution in [3.05, 3.63) is 48.2 Å². The van der Waals surface area contributed by atoms with E-state index in [4.69, 9.17) is 4.74 Å². The monoisotopic (exact) mass is 394 g/mol. The highest BCUT2D eigenvalue weighted by molar-refractivity contribution is 5.95. The van der Waals surface area contributed by atoms with E-state index >= 15 is 0 Å². The van der Waals surface area contributed by atoms with Gasteiger partial charge in [-0.1, -0.05) is 24.3 Å². The molecule has 0 atom stereocenters. The minimum atomic E-state index is -0.0294. The second-order valence-electron chi connectivity index (χ2n) is 7.35. The Morgan fingerprint density at radius 3 is 2.48 bits per heavy atom. The van der Waals surface area contributed by atoms with Gasteiger partial charge in [0.15, 0.2) is 0 Å². The first-order chi connectivity index (χ1) is 14.2. The van der Waals surface area contributed by atoms with E-state index in [2.05, 4.69) is 9.88 Å². The molecule has 2 fully saturated rings. The molecule has 0 bridgehead atoms. The lowest BCUT2D eigenvalue weighted by molar-refractivity contribution is -0.138. The Morgan fingerprint density at radius 1 is 0.966 bits per heavy atom. The summed E-state index contributed by atoms with van der Waals surface area (Å²) < 4.78 is 5.32. The molecule has 0 N–H and O–H groups in total. The maximum absolute atomic E-state index is 12.6. The van der Waals surface area contributed by atoms with E-state index in [0.717, 1.165) is 29.6 Å². The number of amides is 2. The average Bonchev–Trinajstić information content (AvgIpc) is 2.78. The van der Waals surface area contributed by atoms with Gasteiger partial charge in [-0.15, -0.1) is 0 Å². The Balaban J connectivity index is 1.30. The zero-order chi connectivity index (χ0) is 20.1. The summed E-state index contributed by atoms with van der Waals surface area (Å²) in [6, 6.07) is 9.85. The predicted octanol–water partition coefficient (Wildman–Crippen LogP) is 1.25. The molecule has 2 saturated heterocycles. The largest absolute Gasteiger partial charge is 0.379 e. The van der Waals surface area contributed by atoms with Gasteiger partial charge in [-0.3, -0.25) is 19.5 Å². The first-order valence-corrected chi connectivity index (χ1v) is 10.1.